The van der Waals surface area contributed by atoms with E-state index in [1.165, 1.54) is 12.1 Å². The van der Waals surface area contributed by atoms with Crippen LogP contribution in [0.2, 0.25) is 5.02 Å². The smallest absolute Gasteiger partial charge is 0.417 e. The minimum absolute atomic E-state index is 0.0149. The minimum atomic E-state index is -4.59. The summed E-state index contributed by atoms with van der Waals surface area (Å²) in [6, 6.07) is 10.4. The fourth-order valence-corrected chi connectivity index (χ4v) is 2.41. The van der Waals surface area contributed by atoms with Gasteiger partial charge in [-0.05, 0) is 48.4 Å². The van der Waals surface area contributed by atoms with Crippen LogP contribution in [0.25, 0.3) is 6.08 Å². The molecule has 0 aliphatic heterocycles. The largest absolute Gasteiger partial charge is 0.494 e. The molecule has 0 saturated heterocycles. The van der Waals surface area contributed by atoms with Gasteiger partial charge in [-0.1, -0.05) is 37.1 Å². The number of carbonyl (C=O) groups is 1. The highest BCUT2D eigenvalue weighted by Crippen LogP contribution is 2.36. The molecule has 0 unspecified atom stereocenters. The van der Waals surface area contributed by atoms with Gasteiger partial charge < -0.3 is 10.1 Å². The van der Waals surface area contributed by atoms with Crippen LogP contribution in [0.5, 0.6) is 5.75 Å². The van der Waals surface area contributed by atoms with Crippen molar-refractivity contribution in [3.8, 4) is 5.75 Å². The fraction of sp³-hybridized carbons (Fsp3) is 0.250. The molecule has 144 valence electrons. The van der Waals surface area contributed by atoms with Crippen LogP contribution in [-0.2, 0) is 11.0 Å². The Labute approximate surface area is 160 Å². The molecule has 0 bridgehead atoms. The summed E-state index contributed by atoms with van der Waals surface area (Å²) in [5.74, 6) is 0.194. The summed E-state index contributed by atoms with van der Waals surface area (Å²) in [6.45, 7) is 2.73. The Bertz CT molecular complexity index is 802. The van der Waals surface area contributed by atoms with Gasteiger partial charge in [-0.2, -0.15) is 13.2 Å². The van der Waals surface area contributed by atoms with Crippen LogP contribution in [0.15, 0.2) is 48.5 Å². The third-order valence-corrected chi connectivity index (χ3v) is 3.94. The zero-order valence-corrected chi connectivity index (χ0v) is 15.4. The van der Waals surface area contributed by atoms with Crippen molar-refractivity contribution in [3.63, 3.8) is 0 Å². The summed E-state index contributed by atoms with van der Waals surface area (Å²) in [6.07, 6.45) is 0.242. The van der Waals surface area contributed by atoms with Gasteiger partial charge in [-0.15, -0.1) is 0 Å². The molecule has 1 N–H and O–H groups in total. The summed E-state index contributed by atoms with van der Waals surface area (Å²) < 4.78 is 44.1. The highest BCUT2D eigenvalue weighted by Gasteiger charge is 2.33. The molecule has 0 spiro atoms. The van der Waals surface area contributed by atoms with Crippen LogP contribution < -0.4 is 10.1 Å². The van der Waals surface area contributed by atoms with Crippen molar-refractivity contribution in [2.24, 2.45) is 0 Å². The lowest BCUT2D eigenvalue weighted by molar-refractivity contribution is -0.137. The van der Waals surface area contributed by atoms with Crippen LogP contribution >= 0.6 is 11.6 Å². The fourth-order valence-electron chi connectivity index (χ4n) is 2.19. The van der Waals surface area contributed by atoms with Gasteiger partial charge in [0.25, 0.3) is 0 Å². The van der Waals surface area contributed by atoms with Gasteiger partial charge >= 0.3 is 6.18 Å². The maximum absolute atomic E-state index is 12.8. The van der Waals surface area contributed by atoms with Crippen molar-refractivity contribution in [1.29, 1.82) is 0 Å². The predicted molar refractivity (Wildman–Crippen MR) is 101 cm³/mol. The van der Waals surface area contributed by atoms with Gasteiger partial charge in [0.1, 0.15) is 5.75 Å². The third-order valence-electron chi connectivity index (χ3n) is 3.61. The molecule has 27 heavy (non-hydrogen) atoms. The first-order valence-corrected chi connectivity index (χ1v) is 8.76. The second-order valence-electron chi connectivity index (χ2n) is 5.79. The van der Waals surface area contributed by atoms with E-state index in [2.05, 4.69) is 12.2 Å². The molecule has 0 fully saturated rings. The molecular weight excluding hydrogens is 379 g/mol. The van der Waals surface area contributed by atoms with Crippen molar-refractivity contribution >= 4 is 29.3 Å². The standard InChI is InChI=1S/C20H19ClF3NO2/c1-2-3-12-27-16-8-4-14(5-9-16)6-11-19(26)25-15-7-10-18(21)17(13-15)20(22,23)24/h4-11,13H,2-3,12H2,1H3,(H,25,26). The van der Waals surface area contributed by atoms with E-state index in [0.29, 0.717) is 6.61 Å². The van der Waals surface area contributed by atoms with Gasteiger partial charge in [-0.3, -0.25) is 4.79 Å². The van der Waals surface area contributed by atoms with E-state index >= 15 is 0 Å². The Hall–Kier alpha value is -2.47. The number of halogens is 4. The summed E-state index contributed by atoms with van der Waals surface area (Å²) in [5, 5.41) is 1.97. The van der Waals surface area contributed by atoms with Crippen molar-refractivity contribution in [3.05, 3.63) is 64.7 Å². The SMILES string of the molecule is CCCCOc1ccc(C=CC(=O)Nc2ccc(Cl)c(C(F)(F)F)c2)cc1. The molecule has 2 aromatic rings. The van der Waals surface area contributed by atoms with Crippen molar-refractivity contribution in [1.82, 2.24) is 0 Å². The first-order chi connectivity index (χ1) is 12.8. The summed E-state index contributed by atoms with van der Waals surface area (Å²) >= 11 is 5.55. The number of anilines is 1. The van der Waals surface area contributed by atoms with E-state index in [9.17, 15) is 18.0 Å². The number of carbonyl (C=O) groups excluding carboxylic acids is 1. The summed E-state index contributed by atoms with van der Waals surface area (Å²) in [4.78, 5) is 11.9. The molecule has 1 amide bonds. The monoisotopic (exact) mass is 397 g/mol. The lowest BCUT2D eigenvalue weighted by Crippen LogP contribution is -2.11. The highest BCUT2D eigenvalue weighted by molar-refractivity contribution is 6.31. The number of unbranched alkanes of at least 4 members (excludes halogenated alkanes) is 1. The second-order valence-corrected chi connectivity index (χ2v) is 6.19. The number of hydrogen-bond acceptors (Lipinski definition) is 2. The molecule has 0 heterocycles. The Kier molecular flexibility index (Phi) is 7.30. The number of ether oxygens (including phenoxy) is 1. The zero-order chi connectivity index (χ0) is 19.9. The molecule has 0 atom stereocenters. The van der Waals surface area contributed by atoms with Gasteiger partial charge in [-0.25, -0.2) is 0 Å². The van der Waals surface area contributed by atoms with Gasteiger partial charge in [0.2, 0.25) is 5.91 Å². The number of amides is 1. The average Bonchev–Trinajstić information content (AvgIpc) is 2.62. The Morgan fingerprint density at radius 3 is 2.52 bits per heavy atom. The van der Waals surface area contributed by atoms with E-state index in [-0.39, 0.29) is 5.69 Å². The molecule has 2 aromatic carbocycles. The quantitative estimate of drug-likeness (QED) is 0.447. The average molecular weight is 398 g/mol. The predicted octanol–water partition coefficient (Wildman–Crippen LogP) is 6.19. The number of rotatable bonds is 7. The van der Waals surface area contributed by atoms with E-state index in [1.807, 2.05) is 0 Å². The lowest BCUT2D eigenvalue weighted by atomic mass is 10.2. The van der Waals surface area contributed by atoms with Crippen LogP contribution in [-0.4, -0.2) is 12.5 Å². The van der Waals surface area contributed by atoms with E-state index in [4.69, 9.17) is 16.3 Å². The van der Waals surface area contributed by atoms with Gasteiger partial charge in [0, 0.05) is 11.8 Å². The molecule has 7 heteroatoms. The second kappa shape index (κ2) is 9.46. The molecule has 0 aromatic heterocycles. The van der Waals surface area contributed by atoms with Crippen molar-refractivity contribution in [2.75, 3.05) is 11.9 Å². The summed E-state index contributed by atoms with van der Waals surface area (Å²) in [5.41, 5.74) is -0.217. The number of alkyl halides is 3. The van der Waals surface area contributed by atoms with Crippen LogP contribution in [0.3, 0.4) is 0 Å². The number of hydrogen-bond donors (Lipinski definition) is 1. The molecule has 0 saturated carbocycles. The van der Waals surface area contributed by atoms with Crippen LogP contribution in [0, 0.1) is 0 Å². The first-order valence-electron chi connectivity index (χ1n) is 8.38. The molecule has 2 rings (SSSR count). The van der Waals surface area contributed by atoms with E-state index in [1.54, 1.807) is 30.3 Å². The zero-order valence-electron chi connectivity index (χ0n) is 14.6. The molecule has 0 aliphatic carbocycles. The summed E-state index contributed by atoms with van der Waals surface area (Å²) in [7, 11) is 0. The molecule has 3 nitrogen and oxygen atoms in total. The highest BCUT2D eigenvalue weighted by atomic mass is 35.5. The Morgan fingerprint density at radius 2 is 1.89 bits per heavy atom. The lowest BCUT2D eigenvalue weighted by Gasteiger charge is -2.11. The van der Waals surface area contributed by atoms with E-state index < -0.39 is 22.7 Å². The van der Waals surface area contributed by atoms with Crippen molar-refractivity contribution in [2.45, 2.75) is 25.9 Å². The van der Waals surface area contributed by atoms with Crippen molar-refractivity contribution < 1.29 is 22.7 Å². The Morgan fingerprint density at radius 1 is 1.19 bits per heavy atom. The maximum atomic E-state index is 12.8. The Balaban J connectivity index is 1.97. The number of nitrogens with one attached hydrogen (secondary N) is 1. The van der Waals surface area contributed by atoms with Gasteiger partial charge in [0.15, 0.2) is 0 Å². The molecule has 0 aliphatic rings. The number of benzene rings is 2. The minimum Gasteiger partial charge on any atom is -0.494 e. The topological polar surface area (TPSA) is 38.3 Å². The first kappa shape index (κ1) is 20.8. The van der Waals surface area contributed by atoms with E-state index in [0.717, 1.165) is 36.3 Å². The van der Waals surface area contributed by atoms with Gasteiger partial charge in [0.05, 0.1) is 17.2 Å². The molecular formula is C20H19ClF3NO2. The normalized spacial score (nSPS) is 11.6. The van der Waals surface area contributed by atoms with Crippen LogP contribution in [0.4, 0.5) is 18.9 Å². The maximum Gasteiger partial charge on any atom is 0.417 e. The third kappa shape index (κ3) is 6.64. The molecule has 0 radical (unpaired) electrons. The van der Waals surface area contributed by atoms with Crippen LogP contribution in [0.1, 0.15) is 30.9 Å².